The van der Waals surface area contributed by atoms with Gasteiger partial charge in [-0.05, 0) is 50.6 Å². The Hall–Kier alpha value is -3.15. The summed E-state index contributed by atoms with van der Waals surface area (Å²) in [5.74, 6) is 6.49. The maximum atomic E-state index is 8.33. The second-order valence-electron chi connectivity index (χ2n) is 11.8. The third kappa shape index (κ3) is 6.84. The molecule has 0 N–H and O–H groups in total. The molecule has 3 aromatic heterocycles. The van der Waals surface area contributed by atoms with Gasteiger partial charge in [-0.2, -0.15) is 11.3 Å². The van der Waals surface area contributed by atoms with E-state index in [1.54, 1.807) is 17.5 Å². The van der Waals surface area contributed by atoms with E-state index in [4.69, 9.17) is 1.37 Å². The molecule has 0 amide bonds. The number of aromatic nitrogens is 2. The summed E-state index contributed by atoms with van der Waals surface area (Å²) in [5, 5.41) is 5.04. The summed E-state index contributed by atoms with van der Waals surface area (Å²) in [7, 11) is 0. The van der Waals surface area contributed by atoms with Crippen molar-refractivity contribution in [2.75, 3.05) is 0 Å². The van der Waals surface area contributed by atoms with Gasteiger partial charge in [0.25, 0.3) is 0 Å². The first-order valence-electron chi connectivity index (χ1n) is 14.7. The Morgan fingerprint density at radius 1 is 0.767 bits per heavy atom. The van der Waals surface area contributed by atoms with Gasteiger partial charge in [0.05, 0.1) is 0 Å². The van der Waals surface area contributed by atoms with Crippen molar-refractivity contribution in [3.63, 3.8) is 0 Å². The monoisotopic (exact) mass is 818 g/mol. The van der Waals surface area contributed by atoms with Gasteiger partial charge in [-0.25, -0.2) is 0 Å². The van der Waals surface area contributed by atoms with Gasteiger partial charge in [0.15, 0.2) is 0 Å². The van der Waals surface area contributed by atoms with Crippen LogP contribution >= 0.6 is 11.3 Å². The van der Waals surface area contributed by atoms with E-state index in [2.05, 4.69) is 94.0 Å². The SMILES string of the molecule is [2H]C(C)(C)c1ccnc(-c2[c-]ccc3c2sc2cc4ccccc4cc23)c1.[CH3][Ge]([CH3])([CH3])[c]1ccc(-c2[c-]cccc2)nc1.[Ir]. The molecular formula is C38H34GeIrN2S-2. The van der Waals surface area contributed by atoms with Crippen LogP contribution in [0, 0.1) is 12.1 Å². The quantitative estimate of drug-likeness (QED) is 0.131. The predicted molar refractivity (Wildman–Crippen MR) is 184 cm³/mol. The molecule has 5 heteroatoms. The van der Waals surface area contributed by atoms with Gasteiger partial charge in [-0.15, -0.1) is 23.8 Å². The average molecular weight is 817 g/mol. The predicted octanol–water partition coefficient (Wildman–Crippen LogP) is 10.3. The summed E-state index contributed by atoms with van der Waals surface area (Å²) in [6.07, 6.45) is 3.84. The van der Waals surface area contributed by atoms with Crippen LogP contribution in [-0.2, 0) is 20.1 Å². The Morgan fingerprint density at radius 2 is 1.53 bits per heavy atom. The molecule has 0 spiro atoms. The third-order valence-corrected chi connectivity index (χ3v) is 12.9. The van der Waals surface area contributed by atoms with Crippen LogP contribution in [-0.4, -0.2) is 23.2 Å². The standard InChI is InChI=1S/C24H18NS.C14H16GeN.Ir/c1-15(2)16-10-11-25-22(13-16)20-9-5-8-19-21-12-17-6-3-4-7-18(17)14-23(21)26-24(19)20;1-15(2,3)13-9-10-14(16-11-13)12-7-5-4-6-8-12;/h3-8,10-15H,1-2H3;4-7,9-11H,1-3H3;/q2*-1;/i15D;;. The van der Waals surface area contributed by atoms with E-state index >= 15 is 0 Å². The van der Waals surface area contributed by atoms with Gasteiger partial charge >= 0.3 is 99.8 Å². The van der Waals surface area contributed by atoms with E-state index in [9.17, 15) is 0 Å². The molecule has 217 valence electrons. The third-order valence-electron chi connectivity index (χ3n) is 7.51. The molecule has 1 radical (unpaired) electrons. The molecule has 0 aliphatic rings. The van der Waals surface area contributed by atoms with Crippen LogP contribution in [0.3, 0.4) is 0 Å². The molecule has 0 fully saturated rings. The Kier molecular flexibility index (Phi) is 9.20. The number of nitrogens with zero attached hydrogens (tertiary/aromatic N) is 2. The molecule has 2 nitrogen and oxygen atoms in total. The van der Waals surface area contributed by atoms with Crippen LogP contribution in [0.15, 0.2) is 109 Å². The molecule has 0 bridgehead atoms. The zero-order valence-electron chi connectivity index (χ0n) is 26.0. The number of pyridine rings is 2. The van der Waals surface area contributed by atoms with Crippen molar-refractivity contribution in [3.8, 4) is 22.5 Å². The zero-order chi connectivity index (χ0) is 30.2. The average Bonchev–Trinajstić information content (AvgIpc) is 3.37. The minimum Gasteiger partial charge on any atom is 0 e. The Balaban J connectivity index is 0.000000194. The summed E-state index contributed by atoms with van der Waals surface area (Å²) < 4.78 is 12.3. The molecule has 0 aliphatic carbocycles. The van der Waals surface area contributed by atoms with Crippen molar-refractivity contribution in [2.45, 2.75) is 37.0 Å². The first-order chi connectivity index (χ1) is 20.6. The van der Waals surface area contributed by atoms with Crippen LogP contribution < -0.4 is 4.40 Å². The minimum absolute atomic E-state index is 0. The van der Waals surface area contributed by atoms with Crippen LogP contribution in [0.4, 0.5) is 0 Å². The molecule has 0 atom stereocenters. The fourth-order valence-electron chi connectivity index (χ4n) is 5.04. The summed E-state index contributed by atoms with van der Waals surface area (Å²) in [5.41, 5.74) is 4.94. The molecule has 0 saturated heterocycles. The van der Waals surface area contributed by atoms with Crippen LogP contribution in [0.5, 0.6) is 0 Å². The van der Waals surface area contributed by atoms with E-state index < -0.39 is 19.2 Å². The second kappa shape index (κ2) is 13.2. The molecule has 0 aliphatic heterocycles. The maximum absolute atomic E-state index is 8.33. The van der Waals surface area contributed by atoms with E-state index in [1.165, 1.54) is 35.3 Å². The van der Waals surface area contributed by atoms with Gasteiger partial charge in [0, 0.05) is 32.4 Å². The number of hydrogen-bond acceptors (Lipinski definition) is 3. The molecule has 3 heterocycles. The van der Waals surface area contributed by atoms with Gasteiger partial charge in [0.1, 0.15) is 0 Å². The maximum Gasteiger partial charge on any atom is 0 e. The molecular weight excluding hydrogens is 781 g/mol. The van der Waals surface area contributed by atoms with E-state index in [1.807, 2.05) is 62.5 Å². The Labute approximate surface area is 276 Å². The van der Waals surface area contributed by atoms with Crippen molar-refractivity contribution < 1.29 is 21.5 Å². The van der Waals surface area contributed by atoms with Gasteiger partial charge in [0.2, 0.25) is 0 Å². The summed E-state index contributed by atoms with van der Waals surface area (Å²) in [4.78, 5) is 9.12. The molecule has 43 heavy (non-hydrogen) atoms. The normalized spacial score (nSPS) is 12.0. The second-order valence-corrected chi connectivity index (χ2v) is 23.5. The van der Waals surface area contributed by atoms with E-state index in [-0.39, 0.29) is 20.1 Å². The van der Waals surface area contributed by atoms with E-state index in [0.717, 1.165) is 28.1 Å². The van der Waals surface area contributed by atoms with E-state index in [0.29, 0.717) is 0 Å². The smallest absolute Gasteiger partial charge is 0 e. The van der Waals surface area contributed by atoms with Crippen LogP contribution in [0.2, 0.25) is 17.3 Å². The number of thiophene rings is 1. The van der Waals surface area contributed by atoms with Crippen LogP contribution in [0.1, 0.15) is 26.7 Å². The van der Waals surface area contributed by atoms with Crippen molar-refractivity contribution >= 4 is 59.9 Å². The fourth-order valence-corrected chi connectivity index (χ4v) is 8.45. The Bertz CT molecular complexity index is 2040. The van der Waals surface area contributed by atoms with Crippen molar-refractivity contribution in [1.29, 1.82) is 0 Å². The molecule has 0 saturated carbocycles. The topological polar surface area (TPSA) is 25.8 Å². The Morgan fingerprint density at radius 3 is 2.21 bits per heavy atom. The molecule has 0 unspecified atom stereocenters. The zero-order valence-corrected chi connectivity index (χ0v) is 30.3. The fraction of sp³-hybridized carbons (Fsp3) is 0.158. The molecule has 7 aromatic rings. The minimum atomic E-state index is -1.72. The summed E-state index contributed by atoms with van der Waals surface area (Å²) in [6.45, 7) is 3.81. The summed E-state index contributed by atoms with van der Waals surface area (Å²) >= 11 is 0.0773. The number of fused-ring (bicyclic) bond motifs is 4. The van der Waals surface area contributed by atoms with Gasteiger partial charge in [-0.3, -0.25) is 0 Å². The molecule has 4 aromatic carbocycles. The first kappa shape index (κ1) is 29.9. The van der Waals surface area contributed by atoms with Crippen LogP contribution in [0.25, 0.3) is 53.5 Å². The number of rotatable bonds is 4. The molecule has 7 rings (SSSR count). The van der Waals surface area contributed by atoms with Gasteiger partial charge in [-0.1, -0.05) is 55.1 Å². The van der Waals surface area contributed by atoms with Gasteiger partial charge < -0.3 is 4.98 Å². The number of hydrogen-bond donors (Lipinski definition) is 0. The summed E-state index contributed by atoms with van der Waals surface area (Å²) in [6, 6.07) is 40.0. The number of benzene rings is 4. The van der Waals surface area contributed by atoms with Crippen molar-refractivity contribution in [3.05, 3.63) is 127 Å². The van der Waals surface area contributed by atoms with Crippen molar-refractivity contribution in [2.24, 2.45) is 0 Å². The van der Waals surface area contributed by atoms with Crippen molar-refractivity contribution in [1.82, 2.24) is 9.97 Å². The largest absolute Gasteiger partial charge is 0 e. The first-order valence-corrected chi connectivity index (χ1v) is 22.4.